The van der Waals surface area contributed by atoms with Gasteiger partial charge in [0.15, 0.2) is 0 Å². The van der Waals surface area contributed by atoms with Crippen molar-refractivity contribution in [3.63, 3.8) is 0 Å². The number of rotatable bonds is 1. The third kappa shape index (κ3) is 1.78. The molecule has 1 aromatic rings. The van der Waals surface area contributed by atoms with E-state index in [1.165, 1.54) is 25.8 Å². The van der Waals surface area contributed by atoms with Gasteiger partial charge in [0.2, 0.25) is 0 Å². The lowest BCUT2D eigenvalue weighted by atomic mass is 9.96. The van der Waals surface area contributed by atoms with E-state index in [4.69, 9.17) is 4.42 Å². The molecule has 3 heteroatoms. The summed E-state index contributed by atoms with van der Waals surface area (Å²) in [5.41, 5.74) is 0. The van der Waals surface area contributed by atoms with Gasteiger partial charge in [-0.25, -0.2) is 0 Å². The van der Waals surface area contributed by atoms with E-state index in [-0.39, 0.29) is 0 Å². The molecule has 1 N–H and O–H groups in total. The molecule has 3 heterocycles. The van der Waals surface area contributed by atoms with Crippen LogP contribution in [-0.4, -0.2) is 30.6 Å². The molecule has 3 rings (SSSR count). The van der Waals surface area contributed by atoms with Crippen LogP contribution in [-0.2, 0) is 0 Å². The lowest BCUT2D eigenvalue weighted by Crippen LogP contribution is -2.54. The second kappa shape index (κ2) is 4.22. The highest BCUT2D eigenvalue weighted by Crippen LogP contribution is 2.31. The fourth-order valence-corrected chi connectivity index (χ4v) is 3.05. The molecule has 0 aromatic carbocycles. The number of aryl methyl sites for hydroxylation is 1. The van der Waals surface area contributed by atoms with Crippen molar-refractivity contribution in [2.75, 3.05) is 19.6 Å². The van der Waals surface area contributed by atoms with Gasteiger partial charge in [0.05, 0.1) is 6.04 Å². The minimum atomic E-state index is 0.452. The smallest absolute Gasteiger partial charge is 0.122 e. The third-order valence-corrected chi connectivity index (χ3v) is 3.88. The molecule has 16 heavy (non-hydrogen) atoms. The summed E-state index contributed by atoms with van der Waals surface area (Å²) in [6, 6.07) is 5.38. The predicted octanol–water partition coefficient (Wildman–Crippen LogP) is 2.09. The predicted molar refractivity (Wildman–Crippen MR) is 63.4 cm³/mol. The van der Waals surface area contributed by atoms with Gasteiger partial charge in [0.25, 0.3) is 0 Å². The van der Waals surface area contributed by atoms with Crippen LogP contribution in [0.2, 0.25) is 0 Å². The van der Waals surface area contributed by atoms with Gasteiger partial charge in [0, 0.05) is 19.1 Å². The Morgan fingerprint density at radius 2 is 2.25 bits per heavy atom. The normalized spacial score (nSPS) is 31.3. The monoisotopic (exact) mass is 220 g/mol. The Hall–Kier alpha value is -0.800. The van der Waals surface area contributed by atoms with Crippen molar-refractivity contribution in [2.24, 2.45) is 0 Å². The fourth-order valence-electron chi connectivity index (χ4n) is 3.05. The molecule has 88 valence electrons. The minimum absolute atomic E-state index is 0.452. The van der Waals surface area contributed by atoms with Gasteiger partial charge in [0.1, 0.15) is 11.5 Å². The van der Waals surface area contributed by atoms with Crippen molar-refractivity contribution in [2.45, 2.75) is 38.3 Å². The third-order valence-electron chi connectivity index (χ3n) is 3.88. The van der Waals surface area contributed by atoms with E-state index in [0.29, 0.717) is 6.04 Å². The topological polar surface area (TPSA) is 28.4 Å². The highest BCUT2D eigenvalue weighted by molar-refractivity contribution is 5.12. The van der Waals surface area contributed by atoms with Crippen molar-refractivity contribution in [3.05, 3.63) is 23.7 Å². The maximum atomic E-state index is 5.79. The summed E-state index contributed by atoms with van der Waals surface area (Å²) in [5.74, 6) is 2.16. The van der Waals surface area contributed by atoms with Crippen LogP contribution in [0.15, 0.2) is 16.5 Å². The number of nitrogens with zero attached hydrogens (tertiary/aromatic N) is 1. The quantitative estimate of drug-likeness (QED) is 0.785. The van der Waals surface area contributed by atoms with Crippen molar-refractivity contribution < 1.29 is 4.42 Å². The largest absolute Gasteiger partial charge is 0.465 e. The Balaban J connectivity index is 1.82. The number of furan rings is 1. The Morgan fingerprint density at radius 3 is 3.06 bits per heavy atom. The van der Waals surface area contributed by atoms with Crippen LogP contribution in [0.4, 0.5) is 0 Å². The Bertz CT molecular complexity index is 359. The van der Waals surface area contributed by atoms with Gasteiger partial charge >= 0.3 is 0 Å². The zero-order valence-electron chi connectivity index (χ0n) is 9.91. The summed E-state index contributed by atoms with van der Waals surface area (Å²) >= 11 is 0. The van der Waals surface area contributed by atoms with Gasteiger partial charge < -0.3 is 9.73 Å². The summed E-state index contributed by atoms with van der Waals surface area (Å²) in [4.78, 5) is 2.64. The molecule has 2 unspecified atom stereocenters. The van der Waals surface area contributed by atoms with Crippen molar-refractivity contribution in [1.29, 1.82) is 0 Å². The molecule has 0 aliphatic carbocycles. The molecule has 2 saturated heterocycles. The first-order valence-electron chi connectivity index (χ1n) is 6.37. The first-order valence-corrected chi connectivity index (χ1v) is 6.37. The molecule has 0 bridgehead atoms. The Labute approximate surface area is 96.8 Å². The summed E-state index contributed by atoms with van der Waals surface area (Å²) in [6.07, 6.45) is 4.06. The lowest BCUT2D eigenvalue weighted by molar-refractivity contribution is 0.0530. The second-order valence-electron chi connectivity index (χ2n) is 5.01. The van der Waals surface area contributed by atoms with E-state index in [0.717, 1.165) is 30.7 Å². The lowest BCUT2D eigenvalue weighted by Gasteiger charge is -2.44. The van der Waals surface area contributed by atoms with Gasteiger partial charge in [-0.2, -0.15) is 0 Å². The average molecular weight is 220 g/mol. The molecule has 2 aliphatic rings. The SMILES string of the molecule is Cc1ccc(C2CNCC3CCCCN32)o1. The van der Waals surface area contributed by atoms with Crippen molar-refractivity contribution in [3.8, 4) is 0 Å². The van der Waals surface area contributed by atoms with E-state index in [1.807, 2.05) is 6.92 Å². The molecule has 0 amide bonds. The highest BCUT2D eigenvalue weighted by Gasteiger charge is 2.34. The van der Waals surface area contributed by atoms with Crippen LogP contribution in [0, 0.1) is 6.92 Å². The first-order chi connectivity index (χ1) is 7.84. The van der Waals surface area contributed by atoms with Gasteiger partial charge in [-0.05, 0) is 38.4 Å². The van der Waals surface area contributed by atoms with Gasteiger partial charge in [-0.1, -0.05) is 6.42 Å². The molecule has 1 aromatic heterocycles. The second-order valence-corrected chi connectivity index (χ2v) is 5.01. The number of piperidine rings is 1. The molecule has 3 nitrogen and oxygen atoms in total. The van der Waals surface area contributed by atoms with E-state index in [2.05, 4.69) is 22.3 Å². The standard InChI is InChI=1S/C13H20N2O/c1-10-5-6-13(16-10)12-9-14-8-11-4-2-3-7-15(11)12/h5-6,11-12,14H,2-4,7-9H2,1H3. The zero-order valence-corrected chi connectivity index (χ0v) is 9.91. The Kier molecular flexibility index (Phi) is 2.74. The van der Waals surface area contributed by atoms with Gasteiger partial charge in [-0.15, -0.1) is 0 Å². The van der Waals surface area contributed by atoms with Crippen LogP contribution < -0.4 is 5.32 Å². The minimum Gasteiger partial charge on any atom is -0.465 e. The molecule has 0 radical (unpaired) electrons. The van der Waals surface area contributed by atoms with Crippen molar-refractivity contribution in [1.82, 2.24) is 10.2 Å². The number of piperazine rings is 1. The van der Waals surface area contributed by atoms with Gasteiger partial charge in [-0.3, -0.25) is 4.90 Å². The van der Waals surface area contributed by atoms with E-state index in [9.17, 15) is 0 Å². The number of fused-ring (bicyclic) bond motifs is 1. The molecule has 0 spiro atoms. The molecule has 2 fully saturated rings. The maximum absolute atomic E-state index is 5.79. The molecular weight excluding hydrogens is 200 g/mol. The number of nitrogens with one attached hydrogen (secondary N) is 1. The van der Waals surface area contributed by atoms with Crippen LogP contribution in [0.3, 0.4) is 0 Å². The zero-order chi connectivity index (χ0) is 11.0. The van der Waals surface area contributed by atoms with Crippen LogP contribution in [0.25, 0.3) is 0 Å². The van der Waals surface area contributed by atoms with Crippen LogP contribution in [0.5, 0.6) is 0 Å². The number of hydrogen-bond donors (Lipinski definition) is 1. The summed E-state index contributed by atoms with van der Waals surface area (Å²) in [5, 5.41) is 3.54. The molecule has 2 atom stereocenters. The summed E-state index contributed by atoms with van der Waals surface area (Å²) in [6.45, 7) is 5.43. The summed E-state index contributed by atoms with van der Waals surface area (Å²) < 4.78 is 5.79. The van der Waals surface area contributed by atoms with E-state index >= 15 is 0 Å². The van der Waals surface area contributed by atoms with E-state index in [1.54, 1.807) is 0 Å². The maximum Gasteiger partial charge on any atom is 0.122 e. The van der Waals surface area contributed by atoms with Crippen LogP contribution in [0.1, 0.15) is 36.8 Å². The van der Waals surface area contributed by atoms with Crippen molar-refractivity contribution >= 4 is 0 Å². The number of hydrogen-bond acceptors (Lipinski definition) is 3. The fraction of sp³-hybridized carbons (Fsp3) is 0.692. The first kappa shape index (κ1) is 10.4. The molecule has 2 aliphatic heterocycles. The summed E-state index contributed by atoms with van der Waals surface area (Å²) in [7, 11) is 0. The molecule has 0 saturated carbocycles. The average Bonchev–Trinajstić information content (AvgIpc) is 2.75. The molecular formula is C13H20N2O. The highest BCUT2D eigenvalue weighted by atomic mass is 16.3. The van der Waals surface area contributed by atoms with Crippen LogP contribution >= 0.6 is 0 Å². The van der Waals surface area contributed by atoms with E-state index < -0.39 is 0 Å². The Morgan fingerprint density at radius 1 is 1.31 bits per heavy atom.